The van der Waals surface area contributed by atoms with Crippen molar-refractivity contribution < 1.29 is 9.72 Å². The van der Waals surface area contributed by atoms with Gasteiger partial charge in [-0.1, -0.05) is 43.2 Å². The van der Waals surface area contributed by atoms with Gasteiger partial charge in [-0.05, 0) is 29.3 Å². The van der Waals surface area contributed by atoms with Crippen LogP contribution >= 0.6 is 11.8 Å². The first-order valence-corrected chi connectivity index (χ1v) is 9.07. The van der Waals surface area contributed by atoms with Gasteiger partial charge in [0.05, 0.1) is 16.7 Å². The SMILES string of the molecule is O=C(CSc1nnnn1C1CCCCC1)Nc1ccccc1[N+](=O)[O-]. The Bertz CT molecular complexity index is 759. The first-order valence-electron chi connectivity index (χ1n) is 8.09. The Labute approximate surface area is 148 Å². The number of thioether (sulfide) groups is 1. The van der Waals surface area contributed by atoms with Crippen molar-refractivity contribution in [2.45, 2.75) is 43.3 Å². The molecule has 1 aliphatic carbocycles. The summed E-state index contributed by atoms with van der Waals surface area (Å²) in [4.78, 5) is 22.6. The first kappa shape index (κ1) is 17.3. The Hall–Kier alpha value is -2.49. The Morgan fingerprint density at radius 1 is 1.32 bits per heavy atom. The van der Waals surface area contributed by atoms with Gasteiger partial charge in [-0.15, -0.1) is 5.10 Å². The van der Waals surface area contributed by atoms with E-state index in [9.17, 15) is 14.9 Å². The van der Waals surface area contributed by atoms with Gasteiger partial charge in [0, 0.05) is 6.07 Å². The van der Waals surface area contributed by atoms with E-state index in [1.807, 2.05) is 0 Å². The fourth-order valence-corrected chi connectivity index (χ4v) is 3.63. The van der Waals surface area contributed by atoms with Gasteiger partial charge in [-0.25, -0.2) is 4.68 Å². The molecule has 0 radical (unpaired) electrons. The molecule has 1 heterocycles. The summed E-state index contributed by atoms with van der Waals surface area (Å²) in [6.45, 7) is 0. The number of hydrogen-bond acceptors (Lipinski definition) is 7. The maximum atomic E-state index is 12.1. The summed E-state index contributed by atoms with van der Waals surface area (Å²) < 4.78 is 1.79. The molecule has 132 valence electrons. The number of rotatable bonds is 6. The maximum Gasteiger partial charge on any atom is 0.292 e. The molecule has 0 saturated heterocycles. The van der Waals surface area contributed by atoms with Crippen molar-refractivity contribution in [1.82, 2.24) is 20.2 Å². The number of carbonyl (C=O) groups excluding carboxylic acids is 1. The number of carbonyl (C=O) groups is 1. The van der Waals surface area contributed by atoms with E-state index in [2.05, 4.69) is 20.8 Å². The molecule has 2 aromatic rings. The van der Waals surface area contributed by atoms with Crippen molar-refractivity contribution in [3.63, 3.8) is 0 Å². The number of para-hydroxylation sites is 2. The lowest BCUT2D eigenvalue weighted by Gasteiger charge is -2.21. The van der Waals surface area contributed by atoms with Crippen LogP contribution in [0.2, 0.25) is 0 Å². The number of nitrogens with zero attached hydrogens (tertiary/aromatic N) is 5. The van der Waals surface area contributed by atoms with Crippen molar-refractivity contribution in [3.8, 4) is 0 Å². The zero-order chi connectivity index (χ0) is 17.6. The lowest BCUT2D eigenvalue weighted by atomic mass is 9.96. The van der Waals surface area contributed by atoms with Crippen molar-refractivity contribution in [3.05, 3.63) is 34.4 Å². The van der Waals surface area contributed by atoms with Gasteiger partial charge in [0.15, 0.2) is 0 Å². The third-order valence-electron chi connectivity index (χ3n) is 4.09. The van der Waals surface area contributed by atoms with Crippen molar-refractivity contribution in [2.24, 2.45) is 0 Å². The van der Waals surface area contributed by atoms with E-state index in [0.29, 0.717) is 5.16 Å². The van der Waals surface area contributed by atoms with Crippen LogP contribution in [0.5, 0.6) is 0 Å². The van der Waals surface area contributed by atoms with Gasteiger partial charge in [0.2, 0.25) is 11.1 Å². The van der Waals surface area contributed by atoms with Crippen LogP contribution in [0.15, 0.2) is 29.4 Å². The molecule has 0 aliphatic heterocycles. The van der Waals surface area contributed by atoms with Crippen LogP contribution in [-0.2, 0) is 4.79 Å². The average molecular weight is 362 g/mol. The predicted molar refractivity (Wildman–Crippen MR) is 92.4 cm³/mol. The number of nitro benzene ring substituents is 1. The van der Waals surface area contributed by atoms with E-state index in [-0.39, 0.29) is 29.1 Å². The zero-order valence-electron chi connectivity index (χ0n) is 13.5. The molecule has 0 unspecified atom stereocenters. The molecule has 1 aliphatic rings. The first-order chi connectivity index (χ1) is 12.1. The second-order valence-electron chi connectivity index (χ2n) is 5.81. The quantitative estimate of drug-likeness (QED) is 0.477. The summed E-state index contributed by atoms with van der Waals surface area (Å²) in [5.74, 6) is -0.253. The van der Waals surface area contributed by atoms with Crippen LogP contribution in [0, 0.1) is 10.1 Å². The highest BCUT2D eigenvalue weighted by Gasteiger charge is 2.21. The van der Waals surface area contributed by atoms with Gasteiger partial charge in [-0.2, -0.15) is 0 Å². The molecule has 10 heteroatoms. The molecular weight excluding hydrogens is 344 g/mol. The normalized spacial score (nSPS) is 15.0. The van der Waals surface area contributed by atoms with E-state index in [1.54, 1.807) is 16.8 Å². The minimum atomic E-state index is -0.521. The second-order valence-corrected chi connectivity index (χ2v) is 6.75. The summed E-state index contributed by atoms with van der Waals surface area (Å²) in [5, 5.41) is 25.9. The molecule has 1 saturated carbocycles. The summed E-state index contributed by atoms with van der Waals surface area (Å²) in [6.07, 6.45) is 5.64. The Kier molecular flexibility index (Phi) is 5.59. The molecule has 3 rings (SSSR count). The number of amides is 1. The van der Waals surface area contributed by atoms with Gasteiger partial charge in [0.25, 0.3) is 5.69 Å². The second kappa shape index (κ2) is 8.06. The van der Waals surface area contributed by atoms with E-state index in [4.69, 9.17) is 0 Å². The summed E-state index contributed by atoms with van der Waals surface area (Å²) in [6, 6.07) is 6.34. The monoisotopic (exact) mass is 362 g/mol. The van der Waals surface area contributed by atoms with Crippen LogP contribution < -0.4 is 5.32 Å². The third-order valence-corrected chi connectivity index (χ3v) is 5.02. The smallest absolute Gasteiger partial charge is 0.292 e. The Morgan fingerprint density at radius 3 is 2.84 bits per heavy atom. The van der Waals surface area contributed by atoms with Crippen LogP contribution in [0.1, 0.15) is 38.1 Å². The zero-order valence-corrected chi connectivity index (χ0v) is 14.3. The number of tetrazole rings is 1. The standard InChI is InChI=1S/C15H18N6O3S/c22-14(16-12-8-4-5-9-13(12)21(23)24)10-25-15-17-18-19-20(15)11-6-2-1-3-7-11/h4-5,8-9,11H,1-3,6-7,10H2,(H,16,22). The number of aromatic nitrogens is 4. The highest BCUT2D eigenvalue weighted by atomic mass is 32.2. The Morgan fingerprint density at radius 2 is 2.08 bits per heavy atom. The van der Waals surface area contributed by atoms with E-state index in [0.717, 1.165) is 25.7 Å². The molecule has 25 heavy (non-hydrogen) atoms. The number of anilines is 1. The molecule has 1 fully saturated rings. The molecule has 9 nitrogen and oxygen atoms in total. The lowest BCUT2D eigenvalue weighted by molar-refractivity contribution is -0.383. The number of nitrogens with one attached hydrogen (secondary N) is 1. The van der Waals surface area contributed by atoms with Crippen LogP contribution in [0.3, 0.4) is 0 Å². The van der Waals surface area contributed by atoms with Gasteiger partial charge < -0.3 is 5.32 Å². The van der Waals surface area contributed by atoms with Crippen molar-refractivity contribution in [1.29, 1.82) is 0 Å². The molecule has 1 aromatic heterocycles. The molecule has 0 spiro atoms. The molecule has 0 bridgehead atoms. The fourth-order valence-electron chi connectivity index (χ4n) is 2.89. The minimum Gasteiger partial charge on any atom is -0.320 e. The highest BCUT2D eigenvalue weighted by molar-refractivity contribution is 7.99. The van der Waals surface area contributed by atoms with Crippen LogP contribution in [0.4, 0.5) is 11.4 Å². The molecule has 1 amide bonds. The van der Waals surface area contributed by atoms with Gasteiger partial charge >= 0.3 is 0 Å². The molecule has 1 N–H and O–H groups in total. The number of hydrogen-bond donors (Lipinski definition) is 1. The predicted octanol–water partition coefficient (Wildman–Crippen LogP) is 2.82. The van der Waals surface area contributed by atoms with E-state index < -0.39 is 4.92 Å². The average Bonchev–Trinajstić information content (AvgIpc) is 3.09. The minimum absolute atomic E-state index is 0.0825. The van der Waals surface area contributed by atoms with Crippen LogP contribution in [0.25, 0.3) is 0 Å². The summed E-state index contributed by atoms with van der Waals surface area (Å²) in [7, 11) is 0. The summed E-state index contributed by atoms with van der Waals surface area (Å²) in [5.41, 5.74) is 0.0536. The van der Waals surface area contributed by atoms with Gasteiger partial charge in [0.1, 0.15) is 5.69 Å². The van der Waals surface area contributed by atoms with E-state index in [1.165, 1.54) is 30.3 Å². The van der Waals surface area contributed by atoms with E-state index >= 15 is 0 Å². The number of benzene rings is 1. The molecule has 0 atom stereocenters. The van der Waals surface area contributed by atoms with Crippen molar-refractivity contribution >= 4 is 29.0 Å². The highest BCUT2D eigenvalue weighted by Crippen LogP contribution is 2.30. The molecule has 1 aromatic carbocycles. The summed E-state index contributed by atoms with van der Waals surface area (Å²) >= 11 is 1.23. The van der Waals surface area contributed by atoms with Gasteiger partial charge in [-0.3, -0.25) is 14.9 Å². The lowest BCUT2D eigenvalue weighted by Crippen LogP contribution is -2.18. The van der Waals surface area contributed by atoms with Crippen LogP contribution in [-0.4, -0.2) is 36.8 Å². The topological polar surface area (TPSA) is 116 Å². The fraction of sp³-hybridized carbons (Fsp3) is 0.467. The number of nitro groups is 1. The Balaban J connectivity index is 1.60. The third kappa shape index (κ3) is 4.32. The molecular formula is C15H18N6O3S. The van der Waals surface area contributed by atoms with Crippen molar-refractivity contribution in [2.75, 3.05) is 11.1 Å². The largest absolute Gasteiger partial charge is 0.320 e. The maximum absolute atomic E-state index is 12.1.